The van der Waals surface area contributed by atoms with Crippen LogP contribution in [0.4, 0.5) is 4.79 Å². The van der Waals surface area contributed by atoms with Crippen molar-refractivity contribution in [2.75, 3.05) is 19.8 Å². The van der Waals surface area contributed by atoms with Crippen molar-refractivity contribution in [2.45, 2.75) is 74.1 Å². The molecule has 3 fully saturated rings. The number of hydroxylamine groups is 1. The molecule has 3 heterocycles. The SMILES string of the molecule is O=C(N[C@@H](Cc1ccccc1)C(O)CN(OC1CCCC1)S(=O)(=O)c1ccc2n[nH]nc2c1)OC1COC2OCCC12. The molecule has 6 rings (SSSR count). The molecule has 1 amide bonds. The number of sulfonamides is 1. The van der Waals surface area contributed by atoms with Crippen LogP contribution >= 0.6 is 0 Å². The lowest BCUT2D eigenvalue weighted by atomic mass is 10.0. The minimum atomic E-state index is -4.22. The summed E-state index contributed by atoms with van der Waals surface area (Å²) in [6.07, 6.45) is 0.998. The summed E-state index contributed by atoms with van der Waals surface area (Å²) >= 11 is 0. The van der Waals surface area contributed by atoms with Crippen molar-refractivity contribution in [2.24, 2.45) is 5.92 Å². The van der Waals surface area contributed by atoms with Gasteiger partial charge in [-0.15, -0.1) is 0 Å². The minimum Gasteiger partial charge on any atom is -0.443 e. The third kappa shape index (κ3) is 6.43. The first kappa shape index (κ1) is 29.0. The fraction of sp³-hybridized carbons (Fsp3) is 0.536. The summed E-state index contributed by atoms with van der Waals surface area (Å²) in [5.74, 6) is -0.0456. The van der Waals surface area contributed by atoms with Gasteiger partial charge < -0.3 is 24.6 Å². The first-order valence-corrected chi connectivity index (χ1v) is 15.7. The monoisotopic (exact) mass is 601 g/mol. The van der Waals surface area contributed by atoms with Crippen LogP contribution in [-0.2, 0) is 35.5 Å². The van der Waals surface area contributed by atoms with Crippen LogP contribution in [0.25, 0.3) is 11.0 Å². The number of aromatic amines is 1. The summed E-state index contributed by atoms with van der Waals surface area (Å²) < 4.78 is 45.3. The van der Waals surface area contributed by atoms with E-state index in [0.29, 0.717) is 30.5 Å². The predicted octanol–water partition coefficient (Wildman–Crippen LogP) is 2.28. The molecule has 1 saturated carbocycles. The molecule has 3 N–H and O–H groups in total. The van der Waals surface area contributed by atoms with Gasteiger partial charge in [0.25, 0.3) is 10.0 Å². The van der Waals surface area contributed by atoms with E-state index in [1.165, 1.54) is 12.1 Å². The molecule has 226 valence electrons. The molecule has 2 aliphatic heterocycles. The number of nitrogens with zero attached hydrogens (tertiary/aromatic N) is 3. The molecule has 3 aliphatic rings. The van der Waals surface area contributed by atoms with E-state index in [-0.39, 0.29) is 36.2 Å². The maximum atomic E-state index is 13.9. The van der Waals surface area contributed by atoms with E-state index in [2.05, 4.69) is 20.7 Å². The third-order valence-electron chi connectivity index (χ3n) is 8.07. The van der Waals surface area contributed by atoms with E-state index < -0.39 is 40.9 Å². The van der Waals surface area contributed by atoms with Gasteiger partial charge in [-0.05, 0) is 49.4 Å². The molecule has 3 aromatic rings. The molecule has 4 unspecified atom stereocenters. The lowest BCUT2D eigenvalue weighted by Crippen LogP contribution is -2.51. The lowest BCUT2D eigenvalue weighted by molar-refractivity contribution is -0.145. The van der Waals surface area contributed by atoms with Crippen molar-refractivity contribution in [3.05, 3.63) is 54.1 Å². The molecule has 2 saturated heterocycles. The summed E-state index contributed by atoms with van der Waals surface area (Å²) in [5, 5.41) is 24.7. The summed E-state index contributed by atoms with van der Waals surface area (Å²) in [6, 6.07) is 12.8. The molecule has 2 aromatic carbocycles. The molecule has 5 atom stereocenters. The second-order valence-electron chi connectivity index (χ2n) is 11.0. The molecular weight excluding hydrogens is 566 g/mol. The van der Waals surface area contributed by atoms with Crippen LogP contribution in [0.3, 0.4) is 0 Å². The second-order valence-corrected chi connectivity index (χ2v) is 12.8. The highest BCUT2D eigenvalue weighted by Gasteiger charge is 2.44. The van der Waals surface area contributed by atoms with E-state index >= 15 is 0 Å². The van der Waals surface area contributed by atoms with E-state index in [9.17, 15) is 18.3 Å². The van der Waals surface area contributed by atoms with Crippen molar-refractivity contribution in [1.29, 1.82) is 0 Å². The number of H-pyrrole nitrogens is 1. The zero-order chi connectivity index (χ0) is 29.1. The van der Waals surface area contributed by atoms with Crippen molar-refractivity contribution in [3.63, 3.8) is 0 Å². The van der Waals surface area contributed by atoms with Gasteiger partial charge in [-0.25, -0.2) is 13.2 Å². The van der Waals surface area contributed by atoms with Crippen LogP contribution in [0.2, 0.25) is 0 Å². The molecule has 0 spiro atoms. The standard InChI is InChI=1S/C28H35N5O8S/c34-25(16-33(41-19-8-4-5-9-19)42(36,37)20-10-11-22-23(15-20)31-32-30-22)24(14-18-6-2-1-3-7-18)29-28(35)40-26-17-39-27-21(26)12-13-38-27/h1-3,6-7,10-11,15,19,21,24-27,34H,4-5,8-9,12-14,16-17H2,(H,29,35)(H,30,31,32)/t21?,24-,25?,26?,27?/m0/s1. The van der Waals surface area contributed by atoms with Crippen LogP contribution in [0.1, 0.15) is 37.7 Å². The van der Waals surface area contributed by atoms with E-state index in [1.54, 1.807) is 6.07 Å². The number of carbonyl (C=O) groups is 1. The van der Waals surface area contributed by atoms with Crippen LogP contribution in [-0.4, -0.2) is 89.9 Å². The van der Waals surface area contributed by atoms with Crippen LogP contribution < -0.4 is 5.32 Å². The predicted molar refractivity (Wildman–Crippen MR) is 148 cm³/mol. The molecular formula is C28H35N5O8S. The number of alkyl carbamates (subject to hydrolysis) is 1. The Kier molecular flexibility index (Phi) is 8.70. The Balaban J connectivity index is 1.22. The average molecular weight is 602 g/mol. The third-order valence-corrected chi connectivity index (χ3v) is 9.69. The highest BCUT2D eigenvalue weighted by atomic mass is 32.2. The lowest BCUT2D eigenvalue weighted by Gasteiger charge is -2.30. The molecule has 42 heavy (non-hydrogen) atoms. The fourth-order valence-electron chi connectivity index (χ4n) is 5.76. The van der Waals surface area contributed by atoms with Gasteiger partial charge in [-0.1, -0.05) is 47.6 Å². The van der Waals surface area contributed by atoms with Crippen molar-refractivity contribution < 1.29 is 37.4 Å². The van der Waals surface area contributed by atoms with Gasteiger partial charge >= 0.3 is 6.09 Å². The first-order chi connectivity index (χ1) is 20.4. The molecule has 0 bridgehead atoms. The number of ether oxygens (including phenoxy) is 3. The molecule has 13 nitrogen and oxygen atoms in total. The van der Waals surface area contributed by atoms with E-state index in [4.69, 9.17) is 19.0 Å². The molecule has 14 heteroatoms. The van der Waals surface area contributed by atoms with Crippen molar-refractivity contribution >= 4 is 27.1 Å². The normalized spacial score (nSPS) is 24.2. The minimum absolute atomic E-state index is 0.0456. The van der Waals surface area contributed by atoms with Gasteiger partial charge in [-0.3, -0.25) is 4.84 Å². The van der Waals surface area contributed by atoms with Crippen molar-refractivity contribution in [3.8, 4) is 0 Å². The Morgan fingerprint density at radius 3 is 2.69 bits per heavy atom. The second kappa shape index (κ2) is 12.6. The van der Waals surface area contributed by atoms with Gasteiger partial charge in [0.2, 0.25) is 0 Å². The number of amides is 1. The molecule has 1 aliphatic carbocycles. The highest BCUT2D eigenvalue weighted by molar-refractivity contribution is 7.89. The molecule has 0 radical (unpaired) electrons. The smallest absolute Gasteiger partial charge is 0.407 e. The number of carbonyl (C=O) groups excluding carboxylic acids is 1. The van der Waals surface area contributed by atoms with Gasteiger partial charge in [0.1, 0.15) is 17.1 Å². The number of fused-ring (bicyclic) bond motifs is 2. The number of benzene rings is 2. The quantitative estimate of drug-likeness (QED) is 0.278. The maximum absolute atomic E-state index is 13.9. The number of hydrogen-bond donors (Lipinski definition) is 3. The maximum Gasteiger partial charge on any atom is 0.407 e. The number of nitrogens with one attached hydrogen (secondary N) is 2. The average Bonchev–Trinajstić information content (AvgIpc) is 3.79. The number of rotatable bonds is 11. The Hall–Kier alpha value is -3.14. The fourth-order valence-corrected chi connectivity index (χ4v) is 7.08. The van der Waals surface area contributed by atoms with Crippen LogP contribution in [0, 0.1) is 5.92 Å². The number of aliphatic hydroxyl groups excluding tert-OH is 1. The van der Waals surface area contributed by atoms with Gasteiger partial charge in [0.05, 0.1) is 48.8 Å². The van der Waals surface area contributed by atoms with Gasteiger partial charge in [0, 0.05) is 0 Å². The Morgan fingerprint density at radius 2 is 1.88 bits per heavy atom. The Bertz CT molecular complexity index is 1470. The van der Waals surface area contributed by atoms with Crippen LogP contribution in [0.15, 0.2) is 53.4 Å². The largest absolute Gasteiger partial charge is 0.443 e. The summed E-state index contributed by atoms with van der Waals surface area (Å²) in [6.45, 7) is 0.353. The Labute approximate surface area is 243 Å². The Morgan fingerprint density at radius 1 is 1.10 bits per heavy atom. The number of aliphatic hydroxyl groups is 1. The summed E-state index contributed by atoms with van der Waals surface area (Å²) in [4.78, 5) is 19.0. The van der Waals surface area contributed by atoms with Crippen LogP contribution in [0.5, 0.6) is 0 Å². The van der Waals surface area contributed by atoms with Gasteiger partial charge in [-0.2, -0.15) is 15.4 Å². The zero-order valence-corrected chi connectivity index (χ0v) is 23.8. The molecule has 1 aromatic heterocycles. The van der Waals surface area contributed by atoms with E-state index in [1.807, 2.05) is 30.3 Å². The zero-order valence-electron chi connectivity index (χ0n) is 23.0. The van der Waals surface area contributed by atoms with E-state index in [0.717, 1.165) is 29.3 Å². The van der Waals surface area contributed by atoms with Gasteiger partial charge in [0.15, 0.2) is 6.29 Å². The number of aromatic nitrogens is 3. The topological polar surface area (TPSA) is 165 Å². The summed E-state index contributed by atoms with van der Waals surface area (Å²) in [5.41, 5.74) is 1.75. The first-order valence-electron chi connectivity index (χ1n) is 14.3. The highest BCUT2D eigenvalue weighted by Crippen LogP contribution is 2.33. The number of hydrogen-bond acceptors (Lipinski definition) is 10. The summed E-state index contributed by atoms with van der Waals surface area (Å²) in [7, 11) is -4.22. The van der Waals surface area contributed by atoms with Crippen molar-refractivity contribution in [1.82, 2.24) is 25.2 Å².